The second-order valence-electron chi connectivity index (χ2n) is 5.77. The lowest BCUT2D eigenvalue weighted by Crippen LogP contribution is -2.37. The molecule has 0 radical (unpaired) electrons. The van der Waals surface area contributed by atoms with Crippen LogP contribution >= 0.6 is 24.0 Å². The van der Waals surface area contributed by atoms with Gasteiger partial charge in [0.2, 0.25) is 0 Å². The lowest BCUT2D eigenvalue weighted by atomic mass is 10.1. The monoisotopic (exact) mass is 524 g/mol. The van der Waals surface area contributed by atoms with E-state index in [1.54, 1.807) is 6.92 Å². The van der Waals surface area contributed by atoms with Crippen LogP contribution in [0.5, 0.6) is 0 Å². The normalized spacial score (nSPS) is 11.4. The quantitative estimate of drug-likeness (QED) is 0.258. The lowest BCUT2D eigenvalue weighted by Gasteiger charge is -2.16. The van der Waals surface area contributed by atoms with E-state index in [9.17, 15) is 22.0 Å². The third kappa shape index (κ3) is 7.16. The molecule has 0 aliphatic heterocycles. The highest BCUT2D eigenvalue weighted by atomic mass is 127. The molecular weight excluding hydrogens is 506 g/mol. The summed E-state index contributed by atoms with van der Waals surface area (Å²) in [5, 5.41) is 14.4. The molecule has 10 heteroatoms. The summed E-state index contributed by atoms with van der Waals surface area (Å²) < 4.78 is 66.3. The second-order valence-corrected chi connectivity index (χ2v) is 5.77. The van der Waals surface area contributed by atoms with E-state index in [4.69, 9.17) is 5.26 Å². The van der Waals surface area contributed by atoms with Gasteiger partial charge in [0.25, 0.3) is 0 Å². The predicted octanol–water partition coefficient (Wildman–Crippen LogP) is 4.73. The van der Waals surface area contributed by atoms with Gasteiger partial charge in [0.15, 0.2) is 5.96 Å². The summed E-state index contributed by atoms with van der Waals surface area (Å²) in [6, 6.07) is 8.15. The van der Waals surface area contributed by atoms with Crippen LogP contribution in [0.25, 0.3) is 0 Å². The van der Waals surface area contributed by atoms with Gasteiger partial charge < -0.3 is 10.6 Å². The van der Waals surface area contributed by atoms with Gasteiger partial charge in [0.1, 0.15) is 11.6 Å². The standard InChI is InChI=1S/C19H17F5N4.HI/c1-2-26-18(28-11-14-7-12(9-25)3-6-17(14)21)27-10-13-4-5-15(20)8-16(13)19(22,23)24;/h3-8H,2,10-11H2,1H3,(H2,26,27,28);1H. The molecule has 0 heterocycles. The van der Waals surface area contributed by atoms with Crippen LogP contribution < -0.4 is 10.6 Å². The molecule has 0 saturated heterocycles. The van der Waals surface area contributed by atoms with E-state index in [-0.39, 0.29) is 59.7 Å². The molecule has 0 fully saturated rings. The van der Waals surface area contributed by atoms with Crippen molar-refractivity contribution in [3.8, 4) is 6.07 Å². The number of nitrogens with zero attached hydrogens (tertiary/aromatic N) is 2. The maximum Gasteiger partial charge on any atom is 0.416 e. The van der Waals surface area contributed by atoms with Crippen molar-refractivity contribution in [3.63, 3.8) is 0 Å². The lowest BCUT2D eigenvalue weighted by molar-refractivity contribution is -0.138. The number of halogens is 6. The fraction of sp³-hybridized carbons (Fsp3) is 0.263. The summed E-state index contributed by atoms with van der Waals surface area (Å²) in [5.74, 6) is -1.37. The average molecular weight is 524 g/mol. The number of alkyl halides is 3. The van der Waals surface area contributed by atoms with Crippen molar-refractivity contribution in [1.29, 1.82) is 5.26 Å². The molecule has 0 saturated carbocycles. The number of nitriles is 1. The fourth-order valence-corrected chi connectivity index (χ4v) is 2.42. The second kappa shape index (κ2) is 10.9. The van der Waals surface area contributed by atoms with Crippen molar-refractivity contribution in [2.75, 3.05) is 6.54 Å². The third-order valence-corrected chi connectivity index (χ3v) is 3.75. The number of hydrogen-bond acceptors (Lipinski definition) is 2. The van der Waals surface area contributed by atoms with Gasteiger partial charge in [-0.1, -0.05) is 6.07 Å². The van der Waals surface area contributed by atoms with E-state index in [1.165, 1.54) is 12.1 Å². The first-order valence-electron chi connectivity index (χ1n) is 8.31. The molecule has 0 bridgehead atoms. The Kier molecular flexibility index (Phi) is 9.29. The SMILES string of the molecule is CCNC(=NCc1cc(C#N)ccc1F)NCc1ccc(F)cc1C(F)(F)F.I. The fourth-order valence-electron chi connectivity index (χ4n) is 2.42. The first-order valence-corrected chi connectivity index (χ1v) is 8.31. The first-order chi connectivity index (χ1) is 13.2. The van der Waals surface area contributed by atoms with Gasteiger partial charge in [-0.15, -0.1) is 24.0 Å². The van der Waals surface area contributed by atoms with E-state index in [0.29, 0.717) is 12.6 Å². The number of nitrogens with one attached hydrogen (secondary N) is 2. The van der Waals surface area contributed by atoms with Gasteiger partial charge >= 0.3 is 6.18 Å². The molecule has 2 rings (SSSR count). The van der Waals surface area contributed by atoms with E-state index in [2.05, 4.69) is 15.6 Å². The maximum atomic E-state index is 13.8. The van der Waals surface area contributed by atoms with E-state index >= 15 is 0 Å². The highest BCUT2D eigenvalue weighted by Crippen LogP contribution is 2.32. The minimum absolute atomic E-state index is 0. The Labute approximate surface area is 181 Å². The van der Waals surface area contributed by atoms with Gasteiger partial charge in [-0.3, -0.25) is 0 Å². The Morgan fingerprint density at radius 3 is 2.41 bits per heavy atom. The van der Waals surface area contributed by atoms with Crippen molar-refractivity contribution in [2.24, 2.45) is 4.99 Å². The van der Waals surface area contributed by atoms with Crippen molar-refractivity contribution in [1.82, 2.24) is 10.6 Å². The minimum Gasteiger partial charge on any atom is -0.357 e. The smallest absolute Gasteiger partial charge is 0.357 e. The van der Waals surface area contributed by atoms with E-state index in [0.717, 1.165) is 18.2 Å². The summed E-state index contributed by atoms with van der Waals surface area (Å²) in [5.41, 5.74) is -0.791. The predicted molar refractivity (Wildman–Crippen MR) is 110 cm³/mol. The van der Waals surface area contributed by atoms with E-state index in [1.807, 2.05) is 6.07 Å². The van der Waals surface area contributed by atoms with Crippen LogP contribution in [0.2, 0.25) is 0 Å². The molecule has 0 amide bonds. The summed E-state index contributed by atoms with van der Waals surface area (Å²) >= 11 is 0. The molecule has 156 valence electrons. The van der Waals surface area contributed by atoms with Crippen LogP contribution in [0, 0.1) is 23.0 Å². The van der Waals surface area contributed by atoms with Crippen molar-refractivity contribution in [3.05, 3.63) is 70.3 Å². The number of guanidine groups is 1. The average Bonchev–Trinajstić information content (AvgIpc) is 2.65. The zero-order chi connectivity index (χ0) is 20.7. The molecule has 0 unspecified atom stereocenters. The van der Waals surface area contributed by atoms with Gasteiger partial charge in [0, 0.05) is 18.7 Å². The number of hydrogen-bond donors (Lipinski definition) is 2. The Bertz CT molecular complexity index is 906. The Balaban J connectivity index is 0.00000420. The number of aliphatic imine (C=N–C) groups is 1. The summed E-state index contributed by atoms with van der Waals surface area (Å²) in [4.78, 5) is 4.13. The maximum absolute atomic E-state index is 13.8. The van der Waals surface area contributed by atoms with Gasteiger partial charge in [-0.05, 0) is 42.8 Å². The Morgan fingerprint density at radius 2 is 1.79 bits per heavy atom. The van der Waals surface area contributed by atoms with Crippen LogP contribution in [-0.4, -0.2) is 12.5 Å². The molecule has 2 aromatic rings. The zero-order valence-electron chi connectivity index (χ0n) is 15.3. The molecule has 0 atom stereocenters. The van der Waals surface area contributed by atoms with Gasteiger partial charge in [-0.25, -0.2) is 13.8 Å². The van der Waals surface area contributed by atoms with Crippen LogP contribution in [-0.2, 0) is 19.3 Å². The van der Waals surface area contributed by atoms with Crippen LogP contribution in [0.15, 0.2) is 41.4 Å². The minimum atomic E-state index is -4.70. The summed E-state index contributed by atoms with van der Waals surface area (Å²) in [6.07, 6.45) is -4.70. The third-order valence-electron chi connectivity index (χ3n) is 3.75. The first kappa shape index (κ1) is 24.6. The van der Waals surface area contributed by atoms with Crippen LogP contribution in [0.1, 0.15) is 29.2 Å². The van der Waals surface area contributed by atoms with Crippen molar-refractivity contribution >= 4 is 29.9 Å². The molecule has 2 aromatic carbocycles. The largest absolute Gasteiger partial charge is 0.416 e. The number of benzene rings is 2. The molecule has 2 N–H and O–H groups in total. The highest BCUT2D eigenvalue weighted by Gasteiger charge is 2.33. The summed E-state index contributed by atoms with van der Waals surface area (Å²) in [7, 11) is 0. The topological polar surface area (TPSA) is 60.2 Å². The van der Waals surface area contributed by atoms with Crippen molar-refractivity contribution < 1.29 is 22.0 Å². The molecular formula is C19H18F5IN4. The molecule has 29 heavy (non-hydrogen) atoms. The highest BCUT2D eigenvalue weighted by molar-refractivity contribution is 14.0. The molecule has 0 spiro atoms. The van der Waals surface area contributed by atoms with Crippen molar-refractivity contribution in [2.45, 2.75) is 26.2 Å². The molecule has 0 aliphatic carbocycles. The van der Waals surface area contributed by atoms with Crippen LogP contribution in [0.3, 0.4) is 0 Å². The number of rotatable bonds is 5. The van der Waals surface area contributed by atoms with Gasteiger partial charge in [-0.2, -0.15) is 18.4 Å². The van der Waals surface area contributed by atoms with Gasteiger partial charge in [0.05, 0.1) is 23.7 Å². The molecule has 0 aromatic heterocycles. The zero-order valence-corrected chi connectivity index (χ0v) is 17.6. The summed E-state index contributed by atoms with van der Waals surface area (Å²) in [6.45, 7) is 1.79. The Hall–Kier alpha value is -2.42. The Morgan fingerprint density at radius 1 is 1.07 bits per heavy atom. The van der Waals surface area contributed by atoms with Crippen LogP contribution in [0.4, 0.5) is 22.0 Å². The molecule has 4 nitrogen and oxygen atoms in total. The van der Waals surface area contributed by atoms with E-state index < -0.39 is 23.4 Å². The molecule has 0 aliphatic rings.